The molecule has 490 valence electrons. The van der Waals surface area contributed by atoms with Gasteiger partial charge in [-0.25, -0.2) is 0 Å². The lowest BCUT2D eigenvalue weighted by Gasteiger charge is -2.35. The van der Waals surface area contributed by atoms with E-state index < -0.39 is 0 Å². The fourth-order valence-electron chi connectivity index (χ4n) is 18.3. The molecule has 14 rings (SSSR count). The lowest BCUT2D eigenvalue weighted by atomic mass is 9.68. The van der Waals surface area contributed by atoms with Gasteiger partial charge in [0.15, 0.2) is 0 Å². The lowest BCUT2D eigenvalue weighted by molar-refractivity contribution is 0.394. The van der Waals surface area contributed by atoms with E-state index in [0.717, 1.165) is 40.7 Å². The highest BCUT2D eigenvalue weighted by Gasteiger charge is 2.49. The minimum absolute atomic E-state index is 0.0878. The Morgan fingerprint density at radius 3 is 1.36 bits per heavy atom. The Bertz CT molecular complexity index is 4460. The van der Waals surface area contributed by atoms with Crippen LogP contribution in [0.3, 0.4) is 0 Å². The molecule has 0 saturated carbocycles. The maximum Gasteiger partial charge on any atom is 0.143 e. The van der Waals surface area contributed by atoms with Crippen LogP contribution in [0.15, 0.2) is 179 Å². The Balaban J connectivity index is 0.958. The van der Waals surface area contributed by atoms with Crippen molar-refractivity contribution in [1.29, 1.82) is 0 Å². The molecule has 0 aliphatic heterocycles. The number of rotatable bonds is 32. The van der Waals surface area contributed by atoms with Gasteiger partial charge in [-0.15, -0.1) is 0 Å². The van der Waals surface area contributed by atoms with E-state index in [1.807, 2.05) is 0 Å². The van der Waals surface area contributed by atoms with E-state index in [2.05, 4.69) is 223 Å². The van der Waals surface area contributed by atoms with E-state index in [0.29, 0.717) is 0 Å². The SMILES string of the molecule is CCCCCCCCC1(CCCCCCCC)c2cc(N(c3ccccc3)c3ccc4c(c3)C(C)(C)c3cc(-c5ccc(C)cc5)c5oc6ccccc6c5c3-4)ccc2-c2cc3c(cc21)-c1c(ccc2oc4ccccc4c12)C3(CCCCCCCC)CCCCCCCC. The van der Waals surface area contributed by atoms with Gasteiger partial charge in [-0.1, -0.05) is 298 Å². The molecule has 2 aromatic heterocycles. The molecule has 3 heteroatoms. The first-order valence-corrected chi connectivity index (χ1v) is 38.0. The molecule has 3 aliphatic carbocycles. The quantitative estimate of drug-likeness (QED) is 0.0394. The average molecular weight is 1260 g/mol. The molecular formula is C92H105NO2. The molecule has 9 aromatic carbocycles. The summed E-state index contributed by atoms with van der Waals surface area (Å²) in [6.45, 7) is 16.5. The van der Waals surface area contributed by atoms with Crippen LogP contribution in [0.2, 0.25) is 0 Å². The highest BCUT2D eigenvalue weighted by Crippen LogP contribution is 2.64. The first-order valence-electron chi connectivity index (χ1n) is 38.0. The van der Waals surface area contributed by atoms with Gasteiger partial charge in [0.05, 0.1) is 0 Å². The fraction of sp³-hybridized carbons (Fsp3) is 0.413. The summed E-state index contributed by atoms with van der Waals surface area (Å²) in [5, 5.41) is 4.98. The van der Waals surface area contributed by atoms with Crippen molar-refractivity contribution in [1.82, 2.24) is 0 Å². The number of nitrogens with zero attached hydrogens (tertiary/aromatic N) is 1. The van der Waals surface area contributed by atoms with Crippen LogP contribution in [0, 0.1) is 6.92 Å². The van der Waals surface area contributed by atoms with Crippen LogP contribution in [0.1, 0.15) is 260 Å². The first kappa shape index (κ1) is 64.7. The number of anilines is 3. The van der Waals surface area contributed by atoms with Crippen molar-refractivity contribution in [2.24, 2.45) is 0 Å². The third-order valence-electron chi connectivity index (χ3n) is 23.3. The van der Waals surface area contributed by atoms with Crippen molar-refractivity contribution in [2.75, 3.05) is 4.90 Å². The standard InChI is InChI=1S/C92H105NO2/c1-8-12-16-20-24-35-55-91(56-36-25-21-17-13-9-2)76-53-54-84-87(71-41-31-33-43-82(71)94-84)86(76)75-63-79-74(62-80(75)91)69-51-49-68(60-78(69)92(79,57-37-26-22-18-14-10-3)58-38-27-23-19-15-11-4)93(66-39-29-28-30-40-66)67-50-52-70-77(59-67)90(6,7)81-61-73(65-47-45-64(5)46-48-65)89-88(85(70)81)72-42-32-34-44-83(72)95-89/h28-34,39-54,59-63H,8-27,35-38,55-58H2,1-7H3. The maximum atomic E-state index is 6.95. The predicted molar refractivity (Wildman–Crippen MR) is 408 cm³/mol. The van der Waals surface area contributed by atoms with Gasteiger partial charge in [-0.3, -0.25) is 0 Å². The Hall–Kier alpha value is -7.62. The Labute approximate surface area is 569 Å². The number of aryl methyl sites for hydroxylation is 1. The van der Waals surface area contributed by atoms with Crippen molar-refractivity contribution in [3.63, 3.8) is 0 Å². The molecule has 0 saturated heterocycles. The maximum absolute atomic E-state index is 6.95. The summed E-state index contributed by atoms with van der Waals surface area (Å²) in [7, 11) is 0. The van der Waals surface area contributed by atoms with Gasteiger partial charge >= 0.3 is 0 Å². The van der Waals surface area contributed by atoms with Crippen molar-refractivity contribution in [3.05, 3.63) is 209 Å². The highest BCUT2D eigenvalue weighted by atomic mass is 16.3. The zero-order valence-corrected chi connectivity index (χ0v) is 58.7. The van der Waals surface area contributed by atoms with Gasteiger partial charge in [-0.2, -0.15) is 0 Å². The third kappa shape index (κ3) is 11.9. The zero-order valence-electron chi connectivity index (χ0n) is 58.7. The molecule has 0 radical (unpaired) electrons. The molecule has 2 heterocycles. The number of para-hydroxylation sites is 3. The van der Waals surface area contributed by atoms with Crippen molar-refractivity contribution in [2.45, 2.75) is 244 Å². The van der Waals surface area contributed by atoms with Gasteiger partial charge < -0.3 is 13.7 Å². The fourth-order valence-corrected chi connectivity index (χ4v) is 18.3. The zero-order chi connectivity index (χ0) is 65.1. The molecule has 95 heavy (non-hydrogen) atoms. The molecule has 0 unspecified atom stereocenters. The van der Waals surface area contributed by atoms with E-state index in [4.69, 9.17) is 8.83 Å². The molecule has 0 fully saturated rings. The summed E-state index contributed by atoms with van der Waals surface area (Å²) < 4.78 is 13.9. The number of benzene rings is 9. The molecule has 11 aromatic rings. The number of hydrogen-bond donors (Lipinski definition) is 0. The third-order valence-corrected chi connectivity index (χ3v) is 23.3. The van der Waals surface area contributed by atoms with Gasteiger partial charge in [0, 0.05) is 60.4 Å². The summed E-state index contributed by atoms with van der Waals surface area (Å²) in [6, 6.07) is 66.3. The number of hydrogen-bond acceptors (Lipinski definition) is 3. The molecule has 0 amide bonds. The Morgan fingerprint density at radius 1 is 0.316 bits per heavy atom. The number of fused-ring (bicyclic) bond motifs is 17. The Morgan fingerprint density at radius 2 is 0.768 bits per heavy atom. The molecule has 0 N–H and O–H groups in total. The normalized spacial score (nSPS) is 14.4. The van der Waals surface area contributed by atoms with Crippen LogP contribution in [-0.2, 0) is 16.2 Å². The minimum Gasteiger partial charge on any atom is -0.456 e. The minimum atomic E-state index is -0.301. The summed E-state index contributed by atoms with van der Waals surface area (Å²) in [5.41, 5.74) is 28.1. The number of unbranched alkanes of at least 4 members (excludes halogenated alkanes) is 20. The van der Waals surface area contributed by atoms with Crippen molar-refractivity contribution < 1.29 is 8.83 Å². The van der Waals surface area contributed by atoms with Gasteiger partial charge in [0.1, 0.15) is 22.3 Å². The van der Waals surface area contributed by atoms with Crippen LogP contribution >= 0.6 is 0 Å². The highest BCUT2D eigenvalue weighted by molar-refractivity contribution is 6.19. The Kier molecular flexibility index (Phi) is 19.2. The van der Waals surface area contributed by atoms with Crippen molar-refractivity contribution >= 4 is 60.9 Å². The van der Waals surface area contributed by atoms with Crippen LogP contribution in [0.4, 0.5) is 17.1 Å². The van der Waals surface area contributed by atoms with E-state index in [1.54, 1.807) is 22.3 Å². The van der Waals surface area contributed by atoms with E-state index in [9.17, 15) is 0 Å². The second kappa shape index (κ2) is 28.2. The van der Waals surface area contributed by atoms with Crippen LogP contribution in [0.5, 0.6) is 0 Å². The topological polar surface area (TPSA) is 29.5 Å². The average Bonchev–Trinajstić information content (AvgIpc) is 1.52. The second-order valence-corrected chi connectivity index (χ2v) is 29.9. The second-order valence-electron chi connectivity index (χ2n) is 29.9. The molecule has 3 nitrogen and oxygen atoms in total. The largest absolute Gasteiger partial charge is 0.456 e. The van der Waals surface area contributed by atoms with E-state index in [1.165, 1.54) is 261 Å². The van der Waals surface area contributed by atoms with Crippen LogP contribution in [-0.4, -0.2) is 0 Å². The molecule has 3 aliphatic rings. The lowest BCUT2D eigenvalue weighted by Crippen LogP contribution is -2.27. The molecule has 0 spiro atoms. The predicted octanol–water partition coefficient (Wildman–Crippen LogP) is 28.8. The van der Waals surface area contributed by atoms with Gasteiger partial charge in [0.25, 0.3) is 0 Å². The van der Waals surface area contributed by atoms with Crippen LogP contribution in [0.25, 0.3) is 88.4 Å². The van der Waals surface area contributed by atoms with Crippen LogP contribution < -0.4 is 4.90 Å². The smallest absolute Gasteiger partial charge is 0.143 e. The van der Waals surface area contributed by atoms with Gasteiger partial charge in [-0.05, 0) is 178 Å². The molecule has 0 atom stereocenters. The number of furan rings is 2. The summed E-state index contributed by atoms with van der Waals surface area (Å²) in [6.07, 6.45) is 35.7. The van der Waals surface area contributed by atoms with E-state index >= 15 is 0 Å². The monoisotopic (exact) mass is 1260 g/mol. The summed E-state index contributed by atoms with van der Waals surface area (Å²) in [4.78, 5) is 2.60. The summed E-state index contributed by atoms with van der Waals surface area (Å²) >= 11 is 0. The first-order chi connectivity index (χ1) is 46.6. The molecular weight excluding hydrogens is 1150 g/mol. The summed E-state index contributed by atoms with van der Waals surface area (Å²) in [5.74, 6) is 0. The van der Waals surface area contributed by atoms with Crippen molar-refractivity contribution in [3.8, 4) is 44.5 Å². The molecule has 0 bridgehead atoms. The van der Waals surface area contributed by atoms with Gasteiger partial charge in [0.2, 0.25) is 0 Å². The van der Waals surface area contributed by atoms with E-state index in [-0.39, 0.29) is 16.2 Å².